The van der Waals surface area contributed by atoms with Gasteiger partial charge in [-0.3, -0.25) is 14.4 Å². The fraction of sp³-hybridized carbons (Fsp3) is 0.250. The van der Waals surface area contributed by atoms with Crippen LogP contribution in [-0.4, -0.2) is 42.6 Å². The summed E-state index contributed by atoms with van der Waals surface area (Å²) < 4.78 is 0. The molecule has 1 N–H and O–H groups in total. The number of amides is 3. The molecule has 0 aliphatic carbocycles. The fourth-order valence-electron chi connectivity index (χ4n) is 2.82. The fourth-order valence-corrected chi connectivity index (χ4v) is 3.64. The smallest absolute Gasteiger partial charge is 0.285 e. The van der Waals surface area contributed by atoms with Crippen LogP contribution in [0.4, 0.5) is 16.2 Å². The van der Waals surface area contributed by atoms with Crippen molar-refractivity contribution in [3.8, 4) is 0 Å². The summed E-state index contributed by atoms with van der Waals surface area (Å²) in [5.74, 6) is -0.334. The van der Waals surface area contributed by atoms with Crippen LogP contribution in [0.2, 0.25) is 5.02 Å². The molecule has 2 aromatic carbocycles. The van der Waals surface area contributed by atoms with Gasteiger partial charge in [-0.25, -0.2) is 0 Å². The number of carbonyl (C=O) groups is 3. The summed E-state index contributed by atoms with van der Waals surface area (Å²) in [5, 5.41) is 3.23. The van der Waals surface area contributed by atoms with E-state index >= 15 is 0 Å². The molecule has 0 bridgehead atoms. The van der Waals surface area contributed by atoms with Crippen molar-refractivity contribution in [1.82, 2.24) is 4.90 Å². The molecule has 0 aromatic heterocycles. The lowest BCUT2D eigenvalue weighted by Gasteiger charge is -2.20. The van der Waals surface area contributed by atoms with Gasteiger partial charge in [0.15, 0.2) is 0 Å². The van der Waals surface area contributed by atoms with Crippen LogP contribution >= 0.6 is 23.4 Å². The van der Waals surface area contributed by atoms with Gasteiger partial charge in [-0.05, 0) is 60.6 Å². The molecule has 0 saturated carbocycles. The first-order valence-electron chi connectivity index (χ1n) is 8.75. The molecule has 0 atom stereocenters. The van der Waals surface area contributed by atoms with Gasteiger partial charge in [0.25, 0.3) is 11.1 Å². The maximum absolute atomic E-state index is 12.8. The molecule has 28 heavy (non-hydrogen) atoms. The average Bonchev–Trinajstić information content (AvgIpc) is 3.08. The molecule has 6 nitrogen and oxygen atoms in total. The minimum absolute atomic E-state index is 0.0109. The van der Waals surface area contributed by atoms with Crippen LogP contribution in [0.5, 0.6) is 0 Å². The Kier molecular flexibility index (Phi) is 6.26. The zero-order chi connectivity index (χ0) is 20.3. The van der Waals surface area contributed by atoms with E-state index in [1.54, 1.807) is 61.5 Å². The summed E-state index contributed by atoms with van der Waals surface area (Å²) >= 11 is 7.20. The van der Waals surface area contributed by atoms with Crippen LogP contribution in [0.3, 0.4) is 0 Å². The molecule has 146 valence electrons. The van der Waals surface area contributed by atoms with Crippen LogP contribution in [0.15, 0.2) is 47.4 Å². The van der Waals surface area contributed by atoms with Gasteiger partial charge in [-0.15, -0.1) is 0 Å². The van der Waals surface area contributed by atoms with Crippen LogP contribution in [-0.2, 0) is 4.79 Å². The third-order valence-corrected chi connectivity index (χ3v) is 5.53. The topological polar surface area (TPSA) is 69.7 Å². The zero-order valence-corrected chi connectivity index (χ0v) is 17.1. The van der Waals surface area contributed by atoms with Gasteiger partial charge >= 0.3 is 0 Å². The number of benzene rings is 2. The third-order valence-electron chi connectivity index (χ3n) is 4.25. The Morgan fingerprint density at radius 3 is 2.46 bits per heavy atom. The number of carbonyl (C=O) groups excluding carboxylic acids is 3. The van der Waals surface area contributed by atoms with Gasteiger partial charge in [0.2, 0.25) is 5.91 Å². The largest absolute Gasteiger partial charge is 0.339 e. The number of halogens is 1. The van der Waals surface area contributed by atoms with Crippen molar-refractivity contribution in [2.75, 3.05) is 30.9 Å². The van der Waals surface area contributed by atoms with Crippen molar-refractivity contribution in [2.45, 2.75) is 17.7 Å². The molecule has 1 aliphatic rings. The number of rotatable bonds is 4. The van der Waals surface area contributed by atoms with E-state index in [1.165, 1.54) is 4.90 Å². The predicted molar refractivity (Wildman–Crippen MR) is 112 cm³/mol. The van der Waals surface area contributed by atoms with Crippen LogP contribution in [0, 0.1) is 0 Å². The Morgan fingerprint density at radius 2 is 1.86 bits per heavy atom. The SMILES string of the molecule is CN(C)C(=O)Sc1ccc(NC(=O)c2ccc(Cl)cc2N2CCCC2=O)cc1. The van der Waals surface area contributed by atoms with Crippen molar-refractivity contribution >= 4 is 51.8 Å². The standard InChI is InChI=1S/C20H20ClN3O3S/c1-23(2)20(27)28-15-8-6-14(7-9-15)22-19(26)16-10-5-13(21)12-17(16)24-11-3-4-18(24)25/h5-10,12H,3-4,11H2,1-2H3,(H,22,26). The molecule has 1 aliphatic heterocycles. The van der Waals surface area contributed by atoms with Gasteiger partial charge in [0.05, 0.1) is 11.3 Å². The van der Waals surface area contributed by atoms with E-state index in [-0.39, 0.29) is 17.1 Å². The highest BCUT2D eigenvalue weighted by molar-refractivity contribution is 8.13. The Labute approximate surface area is 172 Å². The molecule has 1 saturated heterocycles. The Balaban J connectivity index is 1.76. The first-order valence-corrected chi connectivity index (χ1v) is 9.95. The van der Waals surface area contributed by atoms with Crippen LogP contribution in [0.1, 0.15) is 23.2 Å². The maximum atomic E-state index is 12.8. The van der Waals surface area contributed by atoms with Gasteiger partial charge in [-0.2, -0.15) is 0 Å². The Hall–Kier alpha value is -2.51. The monoisotopic (exact) mass is 417 g/mol. The second kappa shape index (κ2) is 8.67. The van der Waals surface area contributed by atoms with Gasteiger partial charge in [0.1, 0.15) is 0 Å². The maximum Gasteiger partial charge on any atom is 0.285 e. The van der Waals surface area contributed by atoms with Crippen molar-refractivity contribution in [3.63, 3.8) is 0 Å². The van der Waals surface area contributed by atoms with Crippen LogP contribution < -0.4 is 10.2 Å². The van der Waals surface area contributed by atoms with Crippen molar-refractivity contribution in [2.24, 2.45) is 0 Å². The molecular formula is C20H20ClN3O3S. The predicted octanol–water partition coefficient (Wildman–Crippen LogP) is 4.49. The lowest BCUT2D eigenvalue weighted by Crippen LogP contribution is -2.27. The van der Waals surface area contributed by atoms with E-state index < -0.39 is 0 Å². The lowest BCUT2D eigenvalue weighted by atomic mass is 10.1. The molecule has 1 heterocycles. The van der Waals surface area contributed by atoms with Crippen LogP contribution in [0.25, 0.3) is 0 Å². The van der Waals surface area contributed by atoms with E-state index in [9.17, 15) is 14.4 Å². The summed E-state index contributed by atoms with van der Waals surface area (Å²) in [6.45, 7) is 0.575. The van der Waals surface area contributed by atoms with E-state index in [4.69, 9.17) is 11.6 Å². The molecule has 0 radical (unpaired) electrons. The molecule has 0 spiro atoms. The number of thioether (sulfide) groups is 1. The van der Waals surface area contributed by atoms with Crippen molar-refractivity contribution in [1.29, 1.82) is 0 Å². The summed E-state index contributed by atoms with van der Waals surface area (Å²) in [6.07, 6.45) is 1.23. The third kappa shape index (κ3) is 4.66. The normalized spacial score (nSPS) is 13.5. The molecule has 3 rings (SSSR count). The lowest BCUT2D eigenvalue weighted by molar-refractivity contribution is -0.117. The molecule has 3 amide bonds. The minimum Gasteiger partial charge on any atom is -0.339 e. The summed E-state index contributed by atoms with van der Waals surface area (Å²) in [6, 6.07) is 11.9. The zero-order valence-electron chi connectivity index (χ0n) is 15.6. The molecule has 2 aromatic rings. The molecule has 1 fully saturated rings. The number of nitrogens with zero attached hydrogens (tertiary/aromatic N) is 2. The summed E-state index contributed by atoms with van der Waals surface area (Å²) in [4.78, 5) is 40.6. The Morgan fingerprint density at radius 1 is 1.14 bits per heavy atom. The molecule has 0 unspecified atom stereocenters. The van der Waals surface area contributed by atoms with Gasteiger partial charge < -0.3 is 15.1 Å². The van der Waals surface area contributed by atoms with E-state index in [0.717, 1.165) is 23.1 Å². The number of anilines is 2. The number of hydrogen-bond donors (Lipinski definition) is 1. The summed E-state index contributed by atoms with van der Waals surface area (Å²) in [7, 11) is 3.39. The van der Waals surface area contributed by atoms with E-state index in [2.05, 4.69) is 5.32 Å². The van der Waals surface area contributed by atoms with E-state index in [0.29, 0.717) is 34.9 Å². The molecular weight excluding hydrogens is 398 g/mol. The first-order chi connectivity index (χ1) is 13.3. The van der Waals surface area contributed by atoms with Crippen molar-refractivity contribution in [3.05, 3.63) is 53.1 Å². The van der Waals surface area contributed by atoms with Gasteiger partial charge in [-0.1, -0.05) is 11.6 Å². The highest BCUT2D eigenvalue weighted by atomic mass is 35.5. The molecule has 8 heteroatoms. The number of hydrogen-bond acceptors (Lipinski definition) is 4. The minimum atomic E-state index is -0.323. The van der Waals surface area contributed by atoms with Gasteiger partial charge in [0, 0.05) is 42.7 Å². The van der Waals surface area contributed by atoms with Crippen molar-refractivity contribution < 1.29 is 14.4 Å². The van der Waals surface area contributed by atoms with E-state index in [1.807, 2.05) is 0 Å². The highest BCUT2D eigenvalue weighted by Crippen LogP contribution is 2.30. The number of nitrogens with one attached hydrogen (secondary N) is 1. The quantitative estimate of drug-likeness (QED) is 0.744. The summed E-state index contributed by atoms with van der Waals surface area (Å²) in [5.41, 5.74) is 1.51. The average molecular weight is 418 g/mol. The second-order valence-electron chi connectivity index (χ2n) is 6.55. The second-order valence-corrected chi connectivity index (χ2v) is 8.01. The first kappa shape index (κ1) is 20.2. The highest BCUT2D eigenvalue weighted by Gasteiger charge is 2.26. The Bertz CT molecular complexity index is 915.